The van der Waals surface area contributed by atoms with Crippen molar-refractivity contribution in [2.24, 2.45) is 5.41 Å². The van der Waals surface area contributed by atoms with Crippen molar-refractivity contribution >= 4 is 34.2 Å². The number of hydrogen-bond donors (Lipinski definition) is 0. The summed E-state index contributed by atoms with van der Waals surface area (Å²) in [6, 6.07) is 13.4. The summed E-state index contributed by atoms with van der Waals surface area (Å²) in [4.78, 5) is 45.1. The van der Waals surface area contributed by atoms with E-state index < -0.39 is 5.41 Å². The van der Waals surface area contributed by atoms with Crippen LogP contribution in [0.15, 0.2) is 62.3 Å². The van der Waals surface area contributed by atoms with Crippen LogP contribution >= 0.6 is 0 Å². The molecule has 0 saturated carbocycles. The highest BCUT2D eigenvalue weighted by atomic mass is 16.3. The van der Waals surface area contributed by atoms with E-state index in [2.05, 4.69) is 4.90 Å². The van der Waals surface area contributed by atoms with E-state index in [-0.39, 0.29) is 17.4 Å². The number of benzene rings is 1. The first kappa shape index (κ1) is 27.5. The Kier molecular flexibility index (Phi) is 7.18. The number of carbonyl (C=O) groups is 2. The highest BCUT2D eigenvalue weighted by molar-refractivity contribution is 6.19. The second kappa shape index (κ2) is 10.5. The lowest BCUT2D eigenvalue weighted by Gasteiger charge is -2.27. The normalized spacial score (nSPS) is 15.3. The minimum absolute atomic E-state index is 0.0831. The second-order valence-electron chi connectivity index (χ2n) is 11.0. The summed E-state index contributed by atoms with van der Waals surface area (Å²) in [6.07, 6.45) is 1.77. The third-order valence-corrected chi connectivity index (χ3v) is 7.65. The SMILES string of the molecule is CCN1C(=O)C(C)(C)C(=O)N(C)c2cc(CN(CCn3ccc4oc(C)cc4c3=O)Cc3ccc(C)o3)ccc21. The summed E-state index contributed by atoms with van der Waals surface area (Å²) in [6.45, 7) is 11.7. The van der Waals surface area contributed by atoms with Gasteiger partial charge in [-0.3, -0.25) is 19.3 Å². The molecule has 9 nitrogen and oxygen atoms in total. The van der Waals surface area contributed by atoms with Gasteiger partial charge in [0.25, 0.3) is 5.56 Å². The molecule has 0 unspecified atom stereocenters. The first-order valence-corrected chi connectivity index (χ1v) is 13.6. The van der Waals surface area contributed by atoms with Crippen LogP contribution < -0.4 is 15.4 Å². The van der Waals surface area contributed by atoms with Crippen molar-refractivity contribution in [3.63, 3.8) is 0 Å². The molecule has 0 atom stereocenters. The molecule has 4 aromatic rings. The Morgan fingerprint density at radius 2 is 1.65 bits per heavy atom. The maximum Gasteiger partial charge on any atom is 0.261 e. The van der Waals surface area contributed by atoms with Crippen LogP contribution in [0.5, 0.6) is 0 Å². The van der Waals surface area contributed by atoms with E-state index in [9.17, 15) is 14.4 Å². The maximum atomic E-state index is 13.3. The summed E-state index contributed by atoms with van der Waals surface area (Å²) < 4.78 is 13.2. The van der Waals surface area contributed by atoms with E-state index in [0.29, 0.717) is 55.1 Å². The molecular formula is C31H36N4O5. The number of hydrogen-bond acceptors (Lipinski definition) is 6. The van der Waals surface area contributed by atoms with Gasteiger partial charge in [0, 0.05) is 39.4 Å². The average Bonchev–Trinajstić information content (AvgIpc) is 3.51. The molecule has 5 rings (SSSR count). The number of carbonyl (C=O) groups excluding carboxylic acids is 2. The molecule has 0 fully saturated rings. The number of furan rings is 2. The topological polar surface area (TPSA) is 92.1 Å². The van der Waals surface area contributed by atoms with Gasteiger partial charge in [0.15, 0.2) is 0 Å². The Morgan fingerprint density at radius 3 is 2.35 bits per heavy atom. The predicted molar refractivity (Wildman–Crippen MR) is 154 cm³/mol. The van der Waals surface area contributed by atoms with Crippen LogP contribution in [0.3, 0.4) is 0 Å². The molecule has 210 valence electrons. The molecule has 9 heteroatoms. The minimum atomic E-state index is -1.16. The van der Waals surface area contributed by atoms with Gasteiger partial charge in [0.05, 0.1) is 23.3 Å². The van der Waals surface area contributed by atoms with Crippen molar-refractivity contribution in [1.82, 2.24) is 9.47 Å². The summed E-state index contributed by atoms with van der Waals surface area (Å²) in [5, 5.41) is 0.574. The fourth-order valence-corrected chi connectivity index (χ4v) is 5.44. The second-order valence-corrected chi connectivity index (χ2v) is 11.0. The fourth-order valence-electron chi connectivity index (χ4n) is 5.44. The van der Waals surface area contributed by atoms with E-state index in [1.807, 2.05) is 57.2 Å². The number of rotatable bonds is 8. The summed E-state index contributed by atoms with van der Waals surface area (Å²) in [5.74, 6) is 1.93. The monoisotopic (exact) mass is 544 g/mol. The van der Waals surface area contributed by atoms with Crippen LogP contribution in [0.1, 0.15) is 43.6 Å². The lowest BCUT2D eigenvalue weighted by atomic mass is 9.90. The van der Waals surface area contributed by atoms with Crippen molar-refractivity contribution in [1.29, 1.82) is 0 Å². The molecule has 0 saturated heterocycles. The van der Waals surface area contributed by atoms with Gasteiger partial charge in [-0.15, -0.1) is 0 Å². The first-order chi connectivity index (χ1) is 19.0. The largest absolute Gasteiger partial charge is 0.465 e. The number of pyridine rings is 1. The van der Waals surface area contributed by atoms with E-state index in [1.54, 1.807) is 47.5 Å². The molecule has 0 bridgehead atoms. The molecule has 4 heterocycles. The molecule has 40 heavy (non-hydrogen) atoms. The summed E-state index contributed by atoms with van der Waals surface area (Å²) >= 11 is 0. The predicted octanol–water partition coefficient (Wildman–Crippen LogP) is 4.86. The van der Waals surface area contributed by atoms with E-state index in [0.717, 1.165) is 22.8 Å². The Morgan fingerprint density at radius 1 is 0.875 bits per heavy atom. The highest BCUT2D eigenvalue weighted by Crippen LogP contribution is 2.39. The third-order valence-electron chi connectivity index (χ3n) is 7.65. The average molecular weight is 545 g/mol. The molecule has 2 amide bonds. The van der Waals surface area contributed by atoms with Crippen LogP contribution in [-0.4, -0.2) is 41.4 Å². The Balaban J connectivity index is 1.44. The zero-order chi connectivity index (χ0) is 28.8. The van der Waals surface area contributed by atoms with Gasteiger partial charge in [0.2, 0.25) is 11.8 Å². The van der Waals surface area contributed by atoms with Crippen molar-refractivity contribution in [3.05, 3.63) is 81.9 Å². The Bertz CT molecular complexity index is 1640. The van der Waals surface area contributed by atoms with Crippen LogP contribution in [0, 0.1) is 19.3 Å². The number of aromatic nitrogens is 1. The molecule has 1 aliphatic heterocycles. The van der Waals surface area contributed by atoms with Gasteiger partial charge in [0.1, 0.15) is 28.3 Å². The zero-order valence-electron chi connectivity index (χ0n) is 24.0. The highest BCUT2D eigenvalue weighted by Gasteiger charge is 2.45. The van der Waals surface area contributed by atoms with E-state index >= 15 is 0 Å². The third kappa shape index (κ3) is 4.97. The number of fused-ring (bicyclic) bond motifs is 2. The minimum Gasteiger partial charge on any atom is -0.465 e. The standard InChI is InChI=1S/C31H36N4O5/c1-7-35-25-11-9-22(17-26(25)32(6)29(37)31(4,5)30(35)38)18-33(19-23-10-8-20(2)39-23)14-15-34-13-12-27-24(28(34)36)16-21(3)40-27/h8-13,16-17H,7,14-15,18-19H2,1-6H3. The molecule has 1 aromatic carbocycles. The fraction of sp³-hybridized carbons (Fsp3) is 0.387. The number of nitrogens with zero attached hydrogens (tertiary/aromatic N) is 4. The van der Waals surface area contributed by atoms with Crippen LogP contribution in [0.4, 0.5) is 11.4 Å². The van der Waals surface area contributed by atoms with Gasteiger partial charge in [-0.2, -0.15) is 0 Å². The summed E-state index contributed by atoms with van der Waals surface area (Å²) in [7, 11) is 1.72. The molecular weight excluding hydrogens is 508 g/mol. The number of amides is 2. The van der Waals surface area contributed by atoms with Crippen molar-refractivity contribution in [2.75, 3.05) is 29.9 Å². The first-order valence-electron chi connectivity index (χ1n) is 13.6. The molecule has 0 radical (unpaired) electrons. The quantitative estimate of drug-likeness (QED) is 0.294. The zero-order valence-corrected chi connectivity index (χ0v) is 24.0. The lowest BCUT2D eigenvalue weighted by molar-refractivity contribution is -0.137. The van der Waals surface area contributed by atoms with Crippen molar-refractivity contribution in [2.45, 2.75) is 54.3 Å². The van der Waals surface area contributed by atoms with Gasteiger partial charge < -0.3 is 23.2 Å². The smallest absolute Gasteiger partial charge is 0.261 e. The molecule has 0 N–H and O–H groups in total. The maximum absolute atomic E-state index is 13.3. The van der Waals surface area contributed by atoms with Crippen molar-refractivity contribution < 1.29 is 18.4 Å². The van der Waals surface area contributed by atoms with Gasteiger partial charge in [-0.25, -0.2) is 0 Å². The van der Waals surface area contributed by atoms with Crippen molar-refractivity contribution in [3.8, 4) is 0 Å². The number of anilines is 2. The number of aryl methyl sites for hydroxylation is 2. The molecule has 0 aliphatic carbocycles. The molecule has 1 aliphatic rings. The Hall–Kier alpha value is -4.11. The van der Waals surface area contributed by atoms with Gasteiger partial charge >= 0.3 is 0 Å². The Labute approximate surface area is 233 Å². The van der Waals surface area contributed by atoms with Gasteiger partial charge in [-0.05, 0) is 76.6 Å². The lowest BCUT2D eigenvalue weighted by Crippen LogP contribution is -2.47. The van der Waals surface area contributed by atoms with Crippen LogP contribution in [-0.2, 0) is 29.2 Å². The molecule has 3 aromatic heterocycles. The van der Waals surface area contributed by atoms with E-state index in [4.69, 9.17) is 8.83 Å². The van der Waals surface area contributed by atoms with E-state index in [1.165, 1.54) is 0 Å². The molecule has 0 spiro atoms. The van der Waals surface area contributed by atoms with Crippen LogP contribution in [0.2, 0.25) is 0 Å². The van der Waals surface area contributed by atoms with Crippen LogP contribution in [0.25, 0.3) is 11.0 Å². The van der Waals surface area contributed by atoms with Gasteiger partial charge in [-0.1, -0.05) is 6.07 Å². The summed E-state index contributed by atoms with van der Waals surface area (Å²) in [5.41, 5.74) is 1.76.